The van der Waals surface area contributed by atoms with Crippen molar-refractivity contribution in [2.24, 2.45) is 5.41 Å². The predicted molar refractivity (Wildman–Crippen MR) is 86.0 cm³/mol. The summed E-state index contributed by atoms with van der Waals surface area (Å²) in [6, 6.07) is 7.43. The molecule has 1 aromatic rings. The van der Waals surface area contributed by atoms with Crippen LogP contribution in [0.2, 0.25) is 0 Å². The highest BCUT2D eigenvalue weighted by Gasteiger charge is 2.41. The third-order valence-corrected chi connectivity index (χ3v) is 5.84. The highest BCUT2D eigenvalue weighted by Crippen LogP contribution is 2.45. The number of benzene rings is 1. The second-order valence-electron chi connectivity index (χ2n) is 6.49. The van der Waals surface area contributed by atoms with Crippen molar-refractivity contribution in [1.82, 2.24) is 5.32 Å². The van der Waals surface area contributed by atoms with Gasteiger partial charge in [0.05, 0.1) is 0 Å². The Morgan fingerprint density at radius 3 is 2.74 bits per heavy atom. The van der Waals surface area contributed by atoms with Crippen LogP contribution in [-0.2, 0) is 0 Å². The standard InChI is InChI=1S/C17H27NS/c1-6-18-16-14(9-10-17(16,4)5)19-15-11-12(2)7-8-13(15)3/h7-8,11,14,16,18H,6,9-10H2,1-5H3. The molecule has 1 fully saturated rings. The fraction of sp³-hybridized carbons (Fsp3) is 0.647. The van der Waals surface area contributed by atoms with Crippen molar-refractivity contribution in [1.29, 1.82) is 0 Å². The van der Waals surface area contributed by atoms with Crippen LogP contribution in [0, 0.1) is 19.3 Å². The van der Waals surface area contributed by atoms with Crippen molar-refractivity contribution < 1.29 is 0 Å². The van der Waals surface area contributed by atoms with E-state index in [2.05, 4.69) is 69.9 Å². The highest BCUT2D eigenvalue weighted by molar-refractivity contribution is 8.00. The van der Waals surface area contributed by atoms with Crippen LogP contribution in [0.15, 0.2) is 23.1 Å². The van der Waals surface area contributed by atoms with E-state index in [1.807, 2.05) is 0 Å². The Bertz CT molecular complexity index is 439. The van der Waals surface area contributed by atoms with Gasteiger partial charge in [-0.05, 0) is 50.3 Å². The first-order valence-electron chi connectivity index (χ1n) is 7.41. The van der Waals surface area contributed by atoms with Crippen LogP contribution in [0.3, 0.4) is 0 Å². The number of aryl methyl sites for hydroxylation is 2. The number of rotatable bonds is 4. The molecule has 0 heterocycles. The smallest absolute Gasteiger partial charge is 0.0253 e. The average molecular weight is 277 g/mol. The number of hydrogen-bond acceptors (Lipinski definition) is 2. The first-order chi connectivity index (χ1) is 8.94. The van der Waals surface area contributed by atoms with E-state index in [0.29, 0.717) is 16.7 Å². The lowest BCUT2D eigenvalue weighted by molar-refractivity contribution is 0.290. The van der Waals surface area contributed by atoms with Crippen LogP contribution >= 0.6 is 11.8 Å². The largest absolute Gasteiger partial charge is 0.313 e. The van der Waals surface area contributed by atoms with Gasteiger partial charge in [-0.3, -0.25) is 0 Å². The molecule has 1 nitrogen and oxygen atoms in total. The monoisotopic (exact) mass is 277 g/mol. The van der Waals surface area contributed by atoms with Crippen molar-refractivity contribution in [2.75, 3.05) is 6.54 Å². The summed E-state index contributed by atoms with van der Waals surface area (Å²) in [6.45, 7) is 12.5. The first-order valence-corrected chi connectivity index (χ1v) is 8.29. The zero-order valence-electron chi connectivity index (χ0n) is 12.9. The maximum atomic E-state index is 3.72. The van der Waals surface area contributed by atoms with E-state index < -0.39 is 0 Å². The zero-order chi connectivity index (χ0) is 14.0. The molecule has 0 bridgehead atoms. The summed E-state index contributed by atoms with van der Waals surface area (Å²) in [6.07, 6.45) is 2.65. The maximum Gasteiger partial charge on any atom is 0.0253 e. The van der Waals surface area contributed by atoms with E-state index in [1.54, 1.807) is 0 Å². The lowest BCUT2D eigenvalue weighted by atomic mass is 9.87. The van der Waals surface area contributed by atoms with Crippen molar-refractivity contribution >= 4 is 11.8 Å². The highest BCUT2D eigenvalue weighted by atomic mass is 32.2. The van der Waals surface area contributed by atoms with Gasteiger partial charge in [0.15, 0.2) is 0 Å². The molecule has 106 valence electrons. The minimum absolute atomic E-state index is 0.422. The Morgan fingerprint density at radius 1 is 1.32 bits per heavy atom. The molecule has 0 spiro atoms. The molecule has 1 saturated carbocycles. The molecule has 0 saturated heterocycles. The molecular weight excluding hydrogens is 250 g/mol. The molecule has 19 heavy (non-hydrogen) atoms. The van der Waals surface area contributed by atoms with Gasteiger partial charge in [0.2, 0.25) is 0 Å². The molecule has 2 unspecified atom stereocenters. The molecule has 1 aliphatic rings. The van der Waals surface area contributed by atoms with Gasteiger partial charge in [-0.25, -0.2) is 0 Å². The second kappa shape index (κ2) is 5.88. The van der Waals surface area contributed by atoms with Crippen LogP contribution in [0.5, 0.6) is 0 Å². The van der Waals surface area contributed by atoms with E-state index in [9.17, 15) is 0 Å². The second-order valence-corrected chi connectivity index (χ2v) is 7.77. The lowest BCUT2D eigenvalue weighted by Gasteiger charge is -2.31. The van der Waals surface area contributed by atoms with E-state index in [0.717, 1.165) is 6.54 Å². The molecule has 0 aromatic heterocycles. The maximum absolute atomic E-state index is 3.72. The summed E-state index contributed by atoms with van der Waals surface area (Å²) in [5.41, 5.74) is 3.20. The number of nitrogens with one attached hydrogen (secondary N) is 1. The van der Waals surface area contributed by atoms with Crippen LogP contribution in [0.1, 0.15) is 44.7 Å². The molecule has 2 rings (SSSR count). The fourth-order valence-corrected chi connectivity index (χ4v) is 4.76. The van der Waals surface area contributed by atoms with Crippen LogP contribution in [0.4, 0.5) is 0 Å². The first kappa shape index (κ1) is 14.9. The summed E-state index contributed by atoms with van der Waals surface area (Å²) in [5, 5.41) is 4.42. The summed E-state index contributed by atoms with van der Waals surface area (Å²) < 4.78 is 0. The molecule has 1 N–H and O–H groups in total. The Kier molecular flexibility index (Phi) is 4.62. The van der Waals surface area contributed by atoms with Crippen LogP contribution < -0.4 is 5.32 Å². The molecule has 2 heteroatoms. The van der Waals surface area contributed by atoms with Gasteiger partial charge in [0, 0.05) is 16.2 Å². The van der Waals surface area contributed by atoms with E-state index in [4.69, 9.17) is 0 Å². The van der Waals surface area contributed by atoms with Crippen LogP contribution in [0.25, 0.3) is 0 Å². The molecule has 2 atom stereocenters. The Morgan fingerprint density at radius 2 is 2.05 bits per heavy atom. The topological polar surface area (TPSA) is 12.0 Å². The summed E-state index contributed by atoms with van der Waals surface area (Å²) >= 11 is 2.08. The summed E-state index contributed by atoms with van der Waals surface area (Å²) in [4.78, 5) is 1.46. The normalized spacial score (nSPS) is 25.7. The van der Waals surface area contributed by atoms with Crippen LogP contribution in [-0.4, -0.2) is 17.8 Å². The molecular formula is C17H27NS. The lowest BCUT2D eigenvalue weighted by Crippen LogP contribution is -2.43. The van der Waals surface area contributed by atoms with E-state index >= 15 is 0 Å². The minimum Gasteiger partial charge on any atom is -0.313 e. The van der Waals surface area contributed by atoms with Gasteiger partial charge >= 0.3 is 0 Å². The van der Waals surface area contributed by atoms with Gasteiger partial charge in [-0.2, -0.15) is 0 Å². The number of thioether (sulfide) groups is 1. The van der Waals surface area contributed by atoms with E-state index in [-0.39, 0.29) is 0 Å². The van der Waals surface area contributed by atoms with E-state index in [1.165, 1.54) is 28.9 Å². The van der Waals surface area contributed by atoms with Gasteiger partial charge in [-0.15, -0.1) is 11.8 Å². The number of hydrogen-bond donors (Lipinski definition) is 1. The quantitative estimate of drug-likeness (QED) is 0.865. The fourth-order valence-electron chi connectivity index (χ4n) is 3.09. The Balaban J connectivity index is 2.16. The van der Waals surface area contributed by atoms with Crippen molar-refractivity contribution in [2.45, 2.75) is 63.6 Å². The van der Waals surface area contributed by atoms with Gasteiger partial charge in [0.1, 0.15) is 0 Å². The van der Waals surface area contributed by atoms with Crippen molar-refractivity contribution in [3.63, 3.8) is 0 Å². The molecule has 0 radical (unpaired) electrons. The molecule has 1 aromatic carbocycles. The molecule has 0 aliphatic heterocycles. The third kappa shape index (κ3) is 3.35. The predicted octanol–water partition coefficient (Wildman–Crippen LogP) is 4.56. The molecule has 0 amide bonds. The summed E-state index contributed by atoms with van der Waals surface area (Å²) in [7, 11) is 0. The van der Waals surface area contributed by atoms with Crippen molar-refractivity contribution in [3.8, 4) is 0 Å². The summed E-state index contributed by atoms with van der Waals surface area (Å²) in [5.74, 6) is 0. The van der Waals surface area contributed by atoms with Crippen molar-refractivity contribution in [3.05, 3.63) is 29.3 Å². The molecule has 1 aliphatic carbocycles. The minimum atomic E-state index is 0.422. The zero-order valence-corrected chi connectivity index (χ0v) is 13.7. The SMILES string of the molecule is CCNC1C(Sc2cc(C)ccc2C)CCC1(C)C. The third-order valence-electron chi connectivity index (χ3n) is 4.33. The Hall–Kier alpha value is -0.470. The van der Waals surface area contributed by atoms with Gasteiger partial charge in [-0.1, -0.05) is 38.5 Å². The van der Waals surface area contributed by atoms with Gasteiger partial charge < -0.3 is 5.32 Å². The average Bonchev–Trinajstić information content (AvgIpc) is 2.62. The Labute approximate surface area is 122 Å². The van der Waals surface area contributed by atoms with Gasteiger partial charge in [0.25, 0.3) is 0 Å².